The highest BCUT2D eigenvalue weighted by Gasteiger charge is 2.73. The van der Waals surface area contributed by atoms with Crippen LogP contribution in [0.15, 0.2) is 18.2 Å². The molecule has 1 aromatic carbocycles. The molecule has 0 radical (unpaired) electrons. The Balaban J connectivity index is 1.68. The molecular weight excluding hydrogens is 644 g/mol. The minimum absolute atomic E-state index is 0.0420. The van der Waals surface area contributed by atoms with E-state index in [4.69, 9.17) is 9.47 Å². The van der Waals surface area contributed by atoms with Crippen LogP contribution >= 0.6 is 11.8 Å². The third-order valence-electron chi connectivity index (χ3n) is 7.84. The van der Waals surface area contributed by atoms with Crippen molar-refractivity contribution >= 4 is 65.7 Å². The fourth-order valence-electron chi connectivity index (χ4n) is 5.59. The van der Waals surface area contributed by atoms with Crippen LogP contribution in [0, 0.1) is 0 Å². The number of aliphatic carboxylic acids is 1. The molecule has 4 atom stereocenters. The van der Waals surface area contributed by atoms with Gasteiger partial charge in [0.15, 0.2) is 11.5 Å². The number of likely N-dealkylation sites (N-methyl/N-ethyl adjacent to an activating group) is 1. The molecule has 1 unspecified atom stereocenters. The van der Waals surface area contributed by atoms with E-state index in [1.807, 2.05) is 0 Å². The van der Waals surface area contributed by atoms with Gasteiger partial charge < -0.3 is 35.4 Å². The number of ether oxygens (including phenoxy) is 2. The molecule has 0 bridgehead atoms. The number of rotatable bonds is 10. The lowest BCUT2D eigenvalue weighted by molar-refractivity contribution is -0.175. The zero-order valence-corrected chi connectivity index (χ0v) is 26.7. The van der Waals surface area contributed by atoms with Gasteiger partial charge in [-0.05, 0) is 38.5 Å². The number of carbonyl (C=O) groups excluding carboxylic acids is 8. The summed E-state index contributed by atoms with van der Waals surface area (Å²) in [4.78, 5) is 116. The molecule has 18 nitrogen and oxygen atoms in total. The Morgan fingerprint density at radius 1 is 1.04 bits per heavy atom. The molecule has 3 fully saturated rings. The minimum atomic E-state index is -2.13. The fourth-order valence-corrected chi connectivity index (χ4v) is 7.30. The van der Waals surface area contributed by atoms with Gasteiger partial charge in [0.25, 0.3) is 5.91 Å². The van der Waals surface area contributed by atoms with Crippen molar-refractivity contribution < 1.29 is 57.7 Å². The zero-order chi connectivity index (χ0) is 35.0. The summed E-state index contributed by atoms with van der Waals surface area (Å²) in [6.07, 6.45) is 0.163. The monoisotopic (exact) mass is 676 g/mol. The van der Waals surface area contributed by atoms with Crippen LogP contribution in [0.5, 0.6) is 11.5 Å². The summed E-state index contributed by atoms with van der Waals surface area (Å²) in [7, 11) is 0. The SMILES string of the molecule is CCN1CCN(C(=O)NC(C(=O)N[C@@H]2C(=O)N3[C@@H]2SC(C)(C)[C@]3(NC=O)C(=O)O)c2ccc(OC(C)=O)c(OC(C)=O)c2)C(=O)C1=O. The van der Waals surface area contributed by atoms with E-state index in [0.717, 1.165) is 36.6 Å². The summed E-state index contributed by atoms with van der Waals surface area (Å²) in [5.41, 5.74) is -2.19. The Bertz CT molecular complexity index is 1580. The second kappa shape index (κ2) is 12.9. The first kappa shape index (κ1) is 34.7. The van der Waals surface area contributed by atoms with E-state index in [2.05, 4.69) is 16.0 Å². The average Bonchev–Trinajstić information content (AvgIpc) is 3.20. The summed E-state index contributed by atoms with van der Waals surface area (Å²) in [6.45, 7) is 6.93. The maximum atomic E-state index is 13.9. The summed E-state index contributed by atoms with van der Waals surface area (Å²) in [6, 6.07) is -0.579. The first-order valence-corrected chi connectivity index (χ1v) is 15.1. The number of nitrogens with one attached hydrogen (secondary N) is 3. The van der Waals surface area contributed by atoms with Gasteiger partial charge in [0.05, 0.1) is 4.75 Å². The molecule has 47 heavy (non-hydrogen) atoms. The van der Waals surface area contributed by atoms with Gasteiger partial charge in [-0.2, -0.15) is 0 Å². The number of carbonyl (C=O) groups is 9. The molecule has 3 aliphatic rings. The maximum Gasteiger partial charge on any atom is 0.352 e. The maximum absolute atomic E-state index is 13.9. The number of esters is 2. The van der Waals surface area contributed by atoms with Crippen molar-refractivity contribution in [3.63, 3.8) is 0 Å². The predicted octanol–water partition coefficient (Wildman–Crippen LogP) is -1.32. The third-order valence-corrected chi connectivity index (χ3v) is 9.45. The van der Waals surface area contributed by atoms with Crippen LogP contribution in [0.25, 0.3) is 0 Å². The van der Waals surface area contributed by atoms with E-state index >= 15 is 0 Å². The largest absolute Gasteiger partial charge is 0.478 e. The van der Waals surface area contributed by atoms with E-state index in [-0.39, 0.29) is 43.1 Å². The van der Waals surface area contributed by atoms with Gasteiger partial charge in [-0.25, -0.2) is 9.59 Å². The molecule has 0 aromatic heterocycles. The van der Waals surface area contributed by atoms with E-state index < -0.39 is 75.4 Å². The molecule has 0 aliphatic carbocycles. The smallest absolute Gasteiger partial charge is 0.352 e. The van der Waals surface area contributed by atoms with E-state index in [1.165, 1.54) is 30.9 Å². The number of fused-ring (bicyclic) bond motifs is 1. The number of hydrogen-bond acceptors (Lipinski definition) is 12. The van der Waals surface area contributed by atoms with Gasteiger partial charge in [0.2, 0.25) is 18.0 Å². The van der Waals surface area contributed by atoms with Crippen molar-refractivity contribution in [1.82, 2.24) is 30.7 Å². The van der Waals surface area contributed by atoms with Crippen LogP contribution in [0.3, 0.4) is 0 Å². The Morgan fingerprint density at radius 2 is 1.68 bits per heavy atom. The van der Waals surface area contributed by atoms with Crippen LogP contribution in [0.1, 0.15) is 46.2 Å². The van der Waals surface area contributed by atoms with Crippen molar-refractivity contribution in [3.8, 4) is 11.5 Å². The standard InChI is InChI=1S/C28H32N6O12S/c1-6-32-9-10-33(23(41)22(32)40)26(44)31-18(15-7-8-16(45-13(2)36)17(11-15)46-14(3)37)20(38)30-19-21(39)34-24(19)47-27(4,5)28(34,25(42)43)29-12-35/h7-8,11-12,18-19,24H,6,9-10H2,1-5H3,(H,29,35)(H,30,38)(H,31,44)(H,42,43)/t18?,19-,24-,28+/m1/s1. The number of carboxylic acid groups (broad SMARTS) is 1. The molecule has 7 amide bonds. The Labute approximate surface area is 271 Å². The molecule has 3 aliphatic heterocycles. The molecule has 252 valence electrons. The lowest BCUT2D eigenvalue weighted by atomic mass is 9.88. The molecule has 19 heteroatoms. The van der Waals surface area contributed by atoms with Gasteiger partial charge in [0.1, 0.15) is 17.5 Å². The van der Waals surface area contributed by atoms with Crippen LogP contribution < -0.4 is 25.4 Å². The highest BCUT2D eigenvalue weighted by atomic mass is 32.2. The average molecular weight is 677 g/mol. The Morgan fingerprint density at radius 3 is 2.26 bits per heavy atom. The molecule has 1 aromatic rings. The molecule has 0 saturated carbocycles. The zero-order valence-electron chi connectivity index (χ0n) is 25.9. The summed E-state index contributed by atoms with van der Waals surface area (Å²) < 4.78 is 8.95. The van der Waals surface area contributed by atoms with Crippen LogP contribution in [-0.4, -0.2) is 115 Å². The number of benzene rings is 1. The van der Waals surface area contributed by atoms with Gasteiger partial charge in [-0.1, -0.05) is 6.07 Å². The normalized spacial score (nSPS) is 23.6. The molecular formula is C28H32N6O12S. The first-order chi connectivity index (χ1) is 22.0. The van der Waals surface area contributed by atoms with Crippen LogP contribution in [0.2, 0.25) is 0 Å². The fraction of sp³-hybridized carbons (Fsp3) is 0.464. The van der Waals surface area contributed by atoms with Crippen LogP contribution in [0.4, 0.5) is 4.79 Å². The van der Waals surface area contributed by atoms with Crippen molar-refractivity contribution in [2.75, 3.05) is 19.6 Å². The predicted molar refractivity (Wildman–Crippen MR) is 158 cm³/mol. The second-order valence-electron chi connectivity index (χ2n) is 11.1. The highest BCUT2D eigenvalue weighted by molar-refractivity contribution is 8.01. The number of piperazine rings is 1. The van der Waals surface area contributed by atoms with Crippen molar-refractivity contribution in [3.05, 3.63) is 23.8 Å². The number of nitrogens with zero attached hydrogens (tertiary/aromatic N) is 3. The summed E-state index contributed by atoms with van der Waals surface area (Å²) in [5, 5.41) is 16.2. The number of imide groups is 1. The lowest BCUT2D eigenvalue weighted by Crippen LogP contribution is -2.79. The van der Waals surface area contributed by atoms with Crippen molar-refractivity contribution in [1.29, 1.82) is 0 Å². The quantitative estimate of drug-likeness (QED) is 0.0741. The molecule has 4 rings (SSSR count). The summed E-state index contributed by atoms with van der Waals surface area (Å²) >= 11 is 1.01. The lowest BCUT2D eigenvalue weighted by Gasteiger charge is -2.49. The summed E-state index contributed by atoms with van der Waals surface area (Å²) in [5.74, 6) is -7.48. The molecule has 4 N–H and O–H groups in total. The molecule has 3 saturated heterocycles. The number of β-lactam (4-membered cyclic amide) rings is 1. The first-order valence-electron chi connectivity index (χ1n) is 14.2. The Kier molecular flexibility index (Phi) is 9.51. The van der Waals surface area contributed by atoms with E-state index in [0.29, 0.717) is 4.90 Å². The minimum Gasteiger partial charge on any atom is -0.478 e. The van der Waals surface area contributed by atoms with Gasteiger partial charge in [0, 0.05) is 33.5 Å². The van der Waals surface area contributed by atoms with Crippen molar-refractivity contribution in [2.45, 2.75) is 62.5 Å². The topological polar surface area (TPSA) is 238 Å². The number of thioether (sulfide) groups is 1. The van der Waals surface area contributed by atoms with Gasteiger partial charge >= 0.3 is 35.8 Å². The van der Waals surface area contributed by atoms with Gasteiger partial charge in [-0.3, -0.25) is 43.4 Å². The van der Waals surface area contributed by atoms with Crippen molar-refractivity contribution in [2.24, 2.45) is 0 Å². The number of urea groups is 1. The Hall–Kier alpha value is -5.20. The van der Waals surface area contributed by atoms with E-state index in [1.54, 1.807) is 6.92 Å². The van der Waals surface area contributed by atoms with Crippen LogP contribution in [-0.2, 0) is 38.4 Å². The number of carboxylic acids is 1. The third kappa shape index (κ3) is 6.05. The molecule has 0 spiro atoms. The highest BCUT2D eigenvalue weighted by Crippen LogP contribution is 2.55. The second-order valence-corrected chi connectivity index (χ2v) is 12.8. The number of hydrogen-bond donors (Lipinski definition) is 4. The molecule has 3 heterocycles. The number of amides is 7. The van der Waals surface area contributed by atoms with E-state index in [9.17, 15) is 48.3 Å². The van der Waals surface area contributed by atoms with Gasteiger partial charge in [-0.15, -0.1) is 11.8 Å².